The summed E-state index contributed by atoms with van der Waals surface area (Å²) in [5, 5.41) is 0. The van der Waals surface area contributed by atoms with Gasteiger partial charge in [-0.2, -0.15) is 12.6 Å². The van der Waals surface area contributed by atoms with Crippen molar-refractivity contribution in [3.05, 3.63) is 59.7 Å². The molecule has 0 amide bonds. The molecular formula is C30H52BP. The first-order valence-corrected chi connectivity index (χ1v) is 16.1. The molecule has 2 aromatic carbocycles. The number of benzene rings is 2. The summed E-state index contributed by atoms with van der Waals surface area (Å²) in [5.74, 6) is 0. The first kappa shape index (κ1) is 29.0. The van der Waals surface area contributed by atoms with E-state index in [1.807, 2.05) is 0 Å². The molecule has 0 nitrogen and oxygen atoms in total. The molecule has 0 aliphatic carbocycles. The van der Waals surface area contributed by atoms with Crippen molar-refractivity contribution in [1.82, 2.24) is 0 Å². The van der Waals surface area contributed by atoms with Crippen molar-refractivity contribution in [3.63, 3.8) is 0 Å². The highest BCUT2D eigenvalue weighted by atomic mass is 31.2. The molecule has 0 N–H and O–H groups in total. The fourth-order valence-electron chi connectivity index (χ4n) is 5.32. The molecule has 0 aromatic heterocycles. The molecule has 0 unspecified atom stereocenters. The third-order valence-electron chi connectivity index (χ3n) is 8.22. The number of unbranched alkanes of at least 4 members (excludes halogenated alkanes) is 2. The van der Waals surface area contributed by atoms with Crippen molar-refractivity contribution in [2.45, 2.75) is 93.7 Å². The average Bonchev–Trinajstić information content (AvgIpc) is 2.83. The lowest BCUT2D eigenvalue weighted by molar-refractivity contribution is 0.838. The van der Waals surface area contributed by atoms with Crippen LogP contribution in [0, 0.1) is 13.8 Å². The Morgan fingerprint density at radius 1 is 0.531 bits per heavy atom. The van der Waals surface area contributed by atoms with Crippen LogP contribution in [-0.2, 0) is 0 Å². The molecule has 0 heterocycles. The Balaban J connectivity index is 0.000000482. The Morgan fingerprint density at radius 3 is 1.06 bits per heavy atom. The van der Waals surface area contributed by atoms with E-state index in [2.05, 4.69) is 104 Å². The van der Waals surface area contributed by atoms with Crippen molar-refractivity contribution in [3.8, 4) is 0 Å². The Morgan fingerprint density at radius 2 is 0.844 bits per heavy atom. The molecule has 2 rings (SSSR count). The lowest BCUT2D eigenvalue weighted by Crippen LogP contribution is -2.58. The summed E-state index contributed by atoms with van der Waals surface area (Å²) < 4.78 is 0. The van der Waals surface area contributed by atoms with Gasteiger partial charge in [-0.25, -0.2) is 10.9 Å². The zero-order valence-electron chi connectivity index (χ0n) is 22.7. The van der Waals surface area contributed by atoms with E-state index < -0.39 is 13.4 Å². The highest BCUT2D eigenvalue weighted by Gasteiger charge is 2.28. The quantitative estimate of drug-likeness (QED) is 0.223. The number of hydrogen-bond donors (Lipinski definition) is 0. The van der Waals surface area contributed by atoms with Gasteiger partial charge in [-0.05, 0) is 41.5 Å². The maximum Gasteiger partial charge on any atom is 0.0565 e. The van der Waals surface area contributed by atoms with Crippen molar-refractivity contribution in [2.75, 3.05) is 24.6 Å². The van der Waals surface area contributed by atoms with Crippen LogP contribution in [0.2, 0.25) is 12.6 Å². The van der Waals surface area contributed by atoms with Crippen LogP contribution in [0.3, 0.4) is 0 Å². The first-order chi connectivity index (χ1) is 15.4. The fraction of sp³-hybridized carbons (Fsp3) is 0.600. The van der Waals surface area contributed by atoms with Crippen LogP contribution in [0.15, 0.2) is 48.5 Å². The summed E-state index contributed by atoms with van der Waals surface area (Å²) in [6.07, 6.45) is 13.0. The fourth-order valence-corrected chi connectivity index (χ4v) is 8.00. The number of aryl methyl sites for hydroxylation is 2. The molecule has 0 bridgehead atoms. The van der Waals surface area contributed by atoms with Crippen molar-refractivity contribution in [1.29, 1.82) is 0 Å². The maximum atomic E-state index is 2.39. The van der Waals surface area contributed by atoms with Gasteiger partial charge in [0.1, 0.15) is 0 Å². The van der Waals surface area contributed by atoms with E-state index in [-0.39, 0.29) is 0 Å². The zero-order chi connectivity index (χ0) is 24.0. The van der Waals surface area contributed by atoms with Crippen molar-refractivity contribution in [2.24, 2.45) is 0 Å². The minimum absolute atomic E-state index is 0.420. The van der Waals surface area contributed by atoms with Crippen LogP contribution in [-0.4, -0.2) is 30.8 Å². The van der Waals surface area contributed by atoms with Crippen molar-refractivity contribution < 1.29 is 0 Å². The second kappa shape index (κ2) is 15.0. The van der Waals surface area contributed by atoms with Gasteiger partial charge in [-0.15, -0.1) is 0 Å². The van der Waals surface area contributed by atoms with Crippen molar-refractivity contribution >= 4 is 24.3 Å². The van der Waals surface area contributed by atoms with Gasteiger partial charge >= 0.3 is 0 Å². The highest BCUT2D eigenvalue weighted by Crippen LogP contribution is 2.57. The van der Waals surface area contributed by atoms with E-state index >= 15 is 0 Å². The molecule has 0 saturated carbocycles. The van der Waals surface area contributed by atoms with Gasteiger partial charge in [0.05, 0.1) is 30.8 Å². The van der Waals surface area contributed by atoms with Crippen LogP contribution in [0.5, 0.6) is 0 Å². The van der Waals surface area contributed by atoms with Gasteiger partial charge in [0.25, 0.3) is 0 Å². The summed E-state index contributed by atoms with van der Waals surface area (Å²) in [6, 6.07) is 18.7. The molecule has 2 aromatic rings. The van der Waals surface area contributed by atoms with Crippen LogP contribution < -0.4 is 10.9 Å². The van der Waals surface area contributed by atoms with Crippen LogP contribution >= 0.6 is 7.26 Å². The van der Waals surface area contributed by atoms with Gasteiger partial charge in [0.15, 0.2) is 0 Å². The average molecular weight is 455 g/mol. The van der Waals surface area contributed by atoms with Crippen LogP contribution in [0.4, 0.5) is 0 Å². The topological polar surface area (TPSA) is 0 Å². The highest BCUT2D eigenvalue weighted by molar-refractivity contribution is 7.75. The molecule has 0 saturated heterocycles. The van der Waals surface area contributed by atoms with Gasteiger partial charge in [0, 0.05) is 7.26 Å². The Bertz CT molecular complexity index is 655. The summed E-state index contributed by atoms with van der Waals surface area (Å²) in [7, 11) is -0.420. The molecule has 0 aliphatic rings. The van der Waals surface area contributed by atoms with E-state index in [9.17, 15) is 0 Å². The van der Waals surface area contributed by atoms with E-state index in [0.29, 0.717) is 0 Å². The largest absolute Gasteiger partial charge is 0.205 e. The van der Waals surface area contributed by atoms with E-state index in [0.717, 1.165) is 0 Å². The molecule has 0 aliphatic heterocycles. The monoisotopic (exact) mass is 454 g/mol. The van der Waals surface area contributed by atoms with E-state index in [1.54, 1.807) is 10.9 Å². The van der Waals surface area contributed by atoms with Gasteiger partial charge in [-0.1, -0.05) is 99.2 Å². The lowest BCUT2D eigenvalue weighted by Gasteiger charge is -2.42. The predicted octanol–water partition coefficient (Wildman–Crippen LogP) is 8.55. The lowest BCUT2D eigenvalue weighted by atomic mass is 9.15. The minimum atomic E-state index is -0.640. The standard InChI is InChI=1S/C22H32B.C8H20P/c1-5-7-17-23(18-8-6-2,21-13-9-19(3)10-14-21)22-15-11-20(4)12-16-22;1-5-9(6-2,7-3)8-4/h9-16H,5-8,17-18H2,1-4H3;5-8H2,1-4H3/q-1;+1. The SMILES string of the molecule is CCCC[B-](CCCC)(c1ccc(C)cc1)c1ccc(C)cc1.CC[P+](CC)(CC)CC. The number of hydrogen-bond acceptors (Lipinski definition) is 0. The van der Waals surface area contributed by atoms with E-state index in [4.69, 9.17) is 0 Å². The maximum absolute atomic E-state index is 2.39. The summed E-state index contributed by atoms with van der Waals surface area (Å²) in [4.78, 5) is 0. The third-order valence-corrected chi connectivity index (χ3v) is 13.6. The van der Waals surface area contributed by atoms with Crippen LogP contribution in [0.1, 0.15) is 78.4 Å². The van der Waals surface area contributed by atoms with Gasteiger partial charge < -0.3 is 0 Å². The molecule has 0 fully saturated rings. The third kappa shape index (κ3) is 8.06. The number of rotatable bonds is 12. The normalized spacial score (nSPS) is 11.8. The van der Waals surface area contributed by atoms with Gasteiger partial charge in [0.2, 0.25) is 0 Å². The summed E-state index contributed by atoms with van der Waals surface area (Å²) in [5.41, 5.74) is 5.82. The predicted molar refractivity (Wildman–Crippen MR) is 156 cm³/mol. The second-order valence-electron chi connectivity index (χ2n) is 9.96. The minimum Gasteiger partial charge on any atom is -0.205 e. The molecule has 0 atom stereocenters. The molecule has 2 heteroatoms. The Kier molecular flexibility index (Phi) is 13.5. The van der Waals surface area contributed by atoms with E-state index in [1.165, 1.54) is 74.1 Å². The molecule has 32 heavy (non-hydrogen) atoms. The molecule has 0 spiro atoms. The van der Waals surface area contributed by atoms with Gasteiger partial charge in [-0.3, -0.25) is 0 Å². The zero-order valence-corrected chi connectivity index (χ0v) is 23.6. The second-order valence-corrected chi connectivity index (χ2v) is 15.2. The molecule has 180 valence electrons. The van der Waals surface area contributed by atoms with Crippen LogP contribution in [0.25, 0.3) is 0 Å². The Labute approximate surface area is 202 Å². The summed E-state index contributed by atoms with van der Waals surface area (Å²) >= 11 is 0. The smallest absolute Gasteiger partial charge is 0.0565 e. The summed E-state index contributed by atoms with van der Waals surface area (Å²) in [6.45, 7) is 18.4. The first-order valence-electron chi connectivity index (χ1n) is 13.5. The Hall–Kier alpha value is -1.07. The molecular weight excluding hydrogens is 402 g/mol. The molecule has 0 radical (unpaired) electrons.